The molecule has 21 heavy (non-hydrogen) atoms. The van der Waals surface area contributed by atoms with Gasteiger partial charge in [-0.15, -0.1) is 0 Å². The molecule has 0 aliphatic rings. The zero-order valence-electron chi connectivity index (χ0n) is 12.4. The molecule has 1 unspecified atom stereocenters. The van der Waals surface area contributed by atoms with Crippen molar-refractivity contribution in [1.82, 2.24) is 5.32 Å². The molecule has 0 radical (unpaired) electrons. The molecule has 0 saturated carbocycles. The van der Waals surface area contributed by atoms with Crippen molar-refractivity contribution in [2.45, 2.75) is 32.1 Å². The number of hydrogen-bond donors (Lipinski definition) is 1. The van der Waals surface area contributed by atoms with Crippen LogP contribution in [0.25, 0.3) is 0 Å². The first-order valence-corrected chi connectivity index (χ1v) is 9.07. The van der Waals surface area contributed by atoms with Crippen LogP contribution in [0.1, 0.15) is 37.7 Å². The van der Waals surface area contributed by atoms with E-state index in [0.29, 0.717) is 0 Å². The second-order valence-corrected chi connectivity index (χ2v) is 7.48. The van der Waals surface area contributed by atoms with Crippen LogP contribution in [0.5, 0.6) is 0 Å². The smallest absolute Gasteiger partial charge is 0.220 e. The first-order valence-electron chi connectivity index (χ1n) is 7.01. The lowest BCUT2D eigenvalue weighted by molar-refractivity contribution is -0.121. The minimum atomic E-state index is -3.07. The molecule has 1 amide bonds. The van der Waals surface area contributed by atoms with Crippen molar-refractivity contribution >= 4 is 15.7 Å². The van der Waals surface area contributed by atoms with Crippen molar-refractivity contribution in [1.29, 1.82) is 0 Å². The van der Waals surface area contributed by atoms with Crippen LogP contribution < -0.4 is 5.32 Å². The zero-order chi connectivity index (χ0) is 15.9. The Kier molecular flexibility index (Phi) is 6.81. The highest BCUT2D eigenvalue weighted by molar-refractivity contribution is 7.90. The normalized spacial score (nSPS) is 12.9. The third-order valence-corrected chi connectivity index (χ3v) is 4.15. The number of nitrogens with one attached hydrogen (secondary N) is 1. The first kappa shape index (κ1) is 17.6. The van der Waals surface area contributed by atoms with Crippen LogP contribution in [0.4, 0.5) is 4.39 Å². The van der Waals surface area contributed by atoms with E-state index in [0.717, 1.165) is 24.7 Å². The molecule has 0 heterocycles. The largest absolute Gasteiger partial charge is 0.355 e. The number of sulfone groups is 1. The van der Waals surface area contributed by atoms with E-state index in [1.807, 2.05) is 6.92 Å². The summed E-state index contributed by atoms with van der Waals surface area (Å²) in [6.07, 6.45) is 3.16. The van der Waals surface area contributed by atoms with Gasteiger partial charge in [-0.25, -0.2) is 12.8 Å². The first-order chi connectivity index (χ1) is 9.81. The van der Waals surface area contributed by atoms with Crippen molar-refractivity contribution in [2.24, 2.45) is 0 Å². The molecule has 0 bridgehead atoms. The predicted molar refractivity (Wildman–Crippen MR) is 81.4 cm³/mol. The minimum Gasteiger partial charge on any atom is -0.355 e. The second kappa shape index (κ2) is 8.12. The summed E-state index contributed by atoms with van der Waals surface area (Å²) in [5.41, 5.74) is 0.927. The summed E-state index contributed by atoms with van der Waals surface area (Å²) < 4.78 is 34.9. The topological polar surface area (TPSA) is 63.2 Å². The number of benzene rings is 1. The fourth-order valence-corrected chi connectivity index (χ4v) is 2.61. The van der Waals surface area contributed by atoms with Crippen LogP contribution in [0.15, 0.2) is 24.3 Å². The molecular weight excluding hydrogens is 293 g/mol. The number of carbonyl (C=O) groups is 1. The van der Waals surface area contributed by atoms with Gasteiger partial charge in [0.25, 0.3) is 0 Å². The molecule has 6 heteroatoms. The number of hydrogen-bond acceptors (Lipinski definition) is 3. The molecule has 1 aromatic rings. The van der Waals surface area contributed by atoms with E-state index in [4.69, 9.17) is 0 Å². The van der Waals surface area contributed by atoms with Gasteiger partial charge in [-0.3, -0.25) is 4.79 Å². The van der Waals surface area contributed by atoms with Gasteiger partial charge in [0.2, 0.25) is 5.91 Å². The summed E-state index contributed by atoms with van der Waals surface area (Å²) in [4.78, 5) is 11.9. The fraction of sp³-hybridized carbons (Fsp3) is 0.533. The number of amides is 1. The summed E-state index contributed by atoms with van der Waals surface area (Å²) in [6.45, 7) is 2.15. The maximum absolute atomic E-state index is 12.9. The van der Waals surface area contributed by atoms with Gasteiger partial charge in [-0.1, -0.05) is 25.5 Å². The Hall–Kier alpha value is -1.43. The quantitative estimate of drug-likeness (QED) is 0.800. The number of carbonyl (C=O) groups excluding carboxylic acids is 1. The van der Waals surface area contributed by atoms with Gasteiger partial charge in [0.1, 0.15) is 15.7 Å². The Morgan fingerprint density at radius 2 is 1.90 bits per heavy atom. The highest BCUT2D eigenvalue weighted by atomic mass is 32.2. The molecule has 1 rings (SSSR count). The molecule has 1 N–H and O–H groups in total. The lowest BCUT2D eigenvalue weighted by Crippen LogP contribution is -2.29. The van der Waals surface area contributed by atoms with Crippen LogP contribution in [0.3, 0.4) is 0 Å². The van der Waals surface area contributed by atoms with Crippen LogP contribution in [0.2, 0.25) is 0 Å². The maximum atomic E-state index is 12.9. The molecule has 4 nitrogen and oxygen atoms in total. The summed E-state index contributed by atoms with van der Waals surface area (Å²) in [7, 11) is -3.07. The third kappa shape index (κ3) is 7.22. The van der Waals surface area contributed by atoms with Crippen molar-refractivity contribution in [3.63, 3.8) is 0 Å². The fourth-order valence-electron chi connectivity index (χ4n) is 2.14. The van der Waals surface area contributed by atoms with Crippen LogP contribution in [-0.2, 0) is 14.6 Å². The van der Waals surface area contributed by atoms with Gasteiger partial charge in [-0.05, 0) is 30.0 Å². The van der Waals surface area contributed by atoms with Crippen LogP contribution in [-0.4, -0.2) is 32.9 Å². The van der Waals surface area contributed by atoms with Crippen molar-refractivity contribution in [3.8, 4) is 0 Å². The monoisotopic (exact) mass is 315 g/mol. The molecule has 0 aromatic heterocycles. The molecule has 0 spiro atoms. The van der Waals surface area contributed by atoms with Crippen LogP contribution >= 0.6 is 0 Å². The predicted octanol–water partition coefficient (Wildman–Crippen LogP) is 2.26. The second-order valence-electron chi connectivity index (χ2n) is 5.22. The third-order valence-electron chi connectivity index (χ3n) is 3.21. The highest BCUT2D eigenvalue weighted by Gasteiger charge is 2.15. The Bertz CT molecular complexity index is 555. The number of rotatable bonds is 8. The Balaban J connectivity index is 2.57. The van der Waals surface area contributed by atoms with Gasteiger partial charge < -0.3 is 5.32 Å². The van der Waals surface area contributed by atoms with E-state index in [2.05, 4.69) is 5.32 Å². The molecule has 1 aromatic carbocycles. The standard InChI is InChI=1S/C15H22FNO3S/c1-3-4-13(12-5-7-14(16)8-6-12)11-15(18)17-9-10-21(2,19)20/h5-8,13H,3-4,9-11H2,1-2H3,(H,17,18). The van der Waals surface area contributed by atoms with Gasteiger partial charge in [0, 0.05) is 19.2 Å². The average Bonchev–Trinajstić information content (AvgIpc) is 2.37. The molecule has 0 aliphatic carbocycles. The highest BCUT2D eigenvalue weighted by Crippen LogP contribution is 2.25. The van der Waals surface area contributed by atoms with E-state index in [9.17, 15) is 17.6 Å². The summed E-state index contributed by atoms with van der Waals surface area (Å²) in [5.74, 6) is -0.518. The lowest BCUT2D eigenvalue weighted by atomic mass is 9.91. The molecule has 0 aliphatic heterocycles. The van der Waals surface area contributed by atoms with Crippen molar-refractivity contribution in [3.05, 3.63) is 35.6 Å². The van der Waals surface area contributed by atoms with E-state index < -0.39 is 9.84 Å². The molecule has 0 saturated heterocycles. The van der Waals surface area contributed by atoms with Crippen molar-refractivity contribution in [2.75, 3.05) is 18.6 Å². The molecule has 118 valence electrons. The summed E-state index contributed by atoms with van der Waals surface area (Å²) in [6, 6.07) is 6.16. The van der Waals surface area contributed by atoms with E-state index >= 15 is 0 Å². The SMILES string of the molecule is CCCC(CC(=O)NCCS(C)(=O)=O)c1ccc(F)cc1. The number of halogens is 1. The van der Waals surface area contributed by atoms with E-state index in [-0.39, 0.29) is 36.4 Å². The lowest BCUT2D eigenvalue weighted by Gasteiger charge is -2.16. The van der Waals surface area contributed by atoms with Gasteiger partial charge in [-0.2, -0.15) is 0 Å². The molecule has 1 atom stereocenters. The van der Waals surface area contributed by atoms with Gasteiger partial charge >= 0.3 is 0 Å². The zero-order valence-corrected chi connectivity index (χ0v) is 13.2. The summed E-state index contributed by atoms with van der Waals surface area (Å²) in [5, 5.41) is 2.62. The van der Waals surface area contributed by atoms with Gasteiger partial charge in [0.15, 0.2) is 0 Å². The van der Waals surface area contributed by atoms with E-state index in [1.54, 1.807) is 12.1 Å². The Morgan fingerprint density at radius 1 is 1.29 bits per heavy atom. The minimum absolute atomic E-state index is 0.0221. The summed E-state index contributed by atoms with van der Waals surface area (Å²) >= 11 is 0. The Labute approximate surface area is 125 Å². The Morgan fingerprint density at radius 3 is 2.43 bits per heavy atom. The van der Waals surface area contributed by atoms with Crippen LogP contribution in [0, 0.1) is 5.82 Å². The van der Waals surface area contributed by atoms with E-state index in [1.165, 1.54) is 12.1 Å². The maximum Gasteiger partial charge on any atom is 0.220 e. The van der Waals surface area contributed by atoms with Crippen molar-refractivity contribution < 1.29 is 17.6 Å². The molecular formula is C15H22FNO3S. The average molecular weight is 315 g/mol. The van der Waals surface area contributed by atoms with Gasteiger partial charge in [0.05, 0.1) is 5.75 Å². The molecule has 0 fully saturated rings.